The van der Waals surface area contributed by atoms with Crippen molar-refractivity contribution in [1.29, 1.82) is 0 Å². The van der Waals surface area contributed by atoms with Crippen molar-refractivity contribution in [2.75, 3.05) is 13.2 Å². The second-order valence-corrected chi connectivity index (χ2v) is 17.3. The maximum atomic E-state index is 12.7. The Balaban J connectivity index is 4.10. The molecule has 1 unspecified atom stereocenters. The minimum absolute atomic E-state index is 0.0639. The van der Waals surface area contributed by atoms with E-state index in [-0.39, 0.29) is 31.1 Å². The third-order valence-corrected chi connectivity index (χ3v) is 11.7. The monoisotopic (exact) mass is 793 g/mol. The Hall–Kier alpha value is -1.59. The van der Waals surface area contributed by atoms with Gasteiger partial charge in [-0.15, -0.1) is 0 Å². The van der Waals surface area contributed by atoms with Crippen LogP contribution in [0.2, 0.25) is 0 Å². The Morgan fingerprint density at radius 1 is 0.357 bits per heavy atom. The largest absolute Gasteiger partial charge is 0.462 e. The molecule has 0 saturated heterocycles. The number of carbonyl (C=O) groups excluding carboxylic acids is 3. The Kier molecular flexibility index (Phi) is 43.2. The zero-order valence-electron chi connectivity index (χ0n) is 38.1. The highest BCUT2D eigenvalue weighted by Crippen LogP contribution is 2.17. The van der Waals surface area contributed by atoms with Crippen LogP contribution in [0, 0.1) is 5.92 Å². The first-order valence-corrected chi connectivity index (χ1v) is 24.9. The van der Waals surface area contributed by atoms with E-state index in [1.807, 2.05) is 0 Å². The first-order valence-electron chi connectivity index (χ1n) is 24.9. The summed E-state index contributed by atoms with van der Waals surface area (Å²) in [6.07, 6.45) is 45.3. The van der Waals surface area contributed by atoms with Crippen molar-refractivity contribution in [1.82, 2.24) is 0 Å². The van der Waals surface area contributed by atoms with Crippen LogP contribution in [0.15, 0.2) is 0 Å². The predicted molar refractivity (Wildman–Crippen MR) is 238 cm³/mol. The Bertz CT molecular complexity index is 843. The van der Waals surface area contributed by atoms with Crippen LogP contribution in [-0.2, 0) is 28.6 Å². The summed E-state index contributed by atoms with van der Waals surface area (Å²) < 4.78 is 16.7. The summed E-state index contributed by atoms with van der Waals surface area (Å²) in [4.78, 5) is 37.6. The molecule has 0 aliphatic rings. The molecule has 0 aliphatic carbocycles. The minimum atomic E-state index is -0.758. The molecule has 56 heavy (non-hydrogen) atoms. The van der Waals surface area contributed by atoms with Gasteiger partial charge in [-0.3, -0.25) is 14.4 Å². The van der Waals surface area contributed by atoms with E-state index in [1.54, 1.807) is 0 Å². The maximum Gasteiger partial charge on any atom is 0.306 e. The standard InChI is InChI=1S/C50H96O6/c1-5-8-10-12-14-25-30-34-38-42-49(52)55-45-47(44-54-48(51)41-37-33-28-13-11-9-6-2)56-50(53)43-39-35-31-27-24-22-20-18-16-15-17-19-21-23-26-29-32-36-40-46(4)7-3/h46-47H,5-45H2,1-4H3/t46?,47-/m1/s1. The molecule has 0 saturated carbocycles. The second kappa shape index (κ2) is 44.5. The summed E-state index contributed by atoms with van der Waals surface area (Å²) >= 11 is 0. The van der Waals surface area contributed by atoms with E-state index in [0.29, 0.717) is 19.3 Å². The fourth-order valence-corrected chi connectivity index (χ4v) is 7.48. The SMILES string of the molecule is CCCCCCCCCCCC(=O)OC[C@@H](COC(=O)CCCCCCCCC)OC(=O)CCCCCCCCCCCCCCCCCCCCC(C)CC. The molecule has 332 valence electrons. The third kappa shape index (κ3) is 42.0. The summed E-state index contributed by atoms with van der Waals surface area (Å²) in [5.41, 5.74) is 0. The van der Waals surface area contributed by atoms with Crippen molar-refractivity contribution in [2.45, 2.75) is 284 Å². The highest BCUT2D eigenvalue weighted by molar-refractivity contribution is 5.71. The van der Waals surface area contributed by atoms with Gasteiger partial charge in [-0.2, -0.15) is 0 Å². The van der Waals surface area contributed by atoms with Gasteiger partial charge in [-0.05, 0) is 25.2 Å². The number of hydrogen-bond acceptors (Lipinski definition) is 6. The predicted octanol–water partition coefficient (Wildman–Crippen LogP) is 15.9. The van der Waals surface area contributed by atoms with Crippen molar-refractivity contribution >= 4 is 17.9 Å². The zero-order valence-corrected chi connectivity index (χ0v) is 38.1. The maximum absolute atomic E-state index is 12.7. The molecule has 0 bridgehead atoms. The fraction of sp³-hybridized carbons (Fsp3) is 0.940. The fourth-order valence-electron chi connectivity index (χ4n) is 7.48. The first kappa shape index (κ1) is 54.4. The summed E-state index contributed by atoms with van der Waals surface area (Å²) in [6, 6.07) is 0. The van der Waals surface area contributed by atoms with Crippen LogP contribution in [0.3, 0.4) is 0 Å². The molecule has 2 atom stereocenters. The Labute approximate surface area is 348 Å². The molecular formula is C50H96O6. The van der Waals surface area contributed by atoms with E-state index in [4.69, 9.17) is 14.2 Å². The van der Waals surface area contributed by atoms with Crippen molar-refractivity contribution in [3.05, 3.63) is 0 Å². The van der Waals surface area contributed by atoms with Crippen molar-refractivity contribution < 1.29 is 28.6 Å². The highest BCUT2D eigenvalue weighted by Gasteiger charge is 2.19. The summed E-state index contributed by atoms with van der Waals surface area (Å²) in [5, 5.41) is 0. The summed E-state index contributed by atoms with van der Waals surface area (Å²) in [6.45, 7) is 9.01. The molecule has 0 aromatic heterocycles. The van der Waals surface area contributed by atoms with E-state index in [1.165, 1.54) is 173 Å². The highest BCUT2D eigenvalue weighted by atomic mass is 16.6. The Morgan fingerprint density at radius 3 is 0.929 bits per heavy atom. The number of hydrogen-bond donors (Lipinski definition) is 0. The van der Waals surface area contributed by atoms with Gasteiger partial charge in [0.2, 0.25) is 0 Å². The topological polar surface area (TPSA) is 78.9 Å². The van der Waals surface area contributed by atoms with Gasteiger partial charge in [-0.25, -0.2) is 0 Å². The molecule has 0 radical (unpaired) electrons. The smallest absolute Gasteiger partial charge is 0.306 e. The van der Waals surface area contributed by atoms with Crippen molar-refractivity contribution in [3.63, 3.8) is 0 Å². The van der Waals surface area contributed by atoms with Crippen LogP contribution in [-0.4, -0.2) is 37.2 Å². The van der Waals surface area contributed by atoms with Gasteiger partial charge in [0, 0.05) is 19.3 Å². The molecular weight excluding hydrogens is 697 g/mol. The molecule has 0 heterocycles. The zero-order chi connectivity index (χ0) is 41.0. The van der Waals surface area contributed by atoms with Gasteiger partial charge >= 0.3 is 17.9 Å². The molecule has 0 amide bonds. The number of rotatable bonds is 45. The van der Waals surface area contributed by atoms with Crippen molar-refractivity contribution in [2.24, 2.45) is 5.92 Å². The molecule has 0 fully saturated rings. The van der Waals surface area contributed by atoms with Crippen LogP contribution >= 0.6 is 0 Å². The third-order valence-electron chi connectivity index (χ3n) is 11.7. The average Bonchev–Trinajstić information content (AvgIpc) is 3.19. The van der Waals surface area contributed by atoms with E-state index in [9.17, 15) is 14.4 Å². The Morgan fingerprint density at radius 2 is 0.625 bits per heavy atom. The molecule has 6 nitrogen and oxygen atoms in total. The average molecular weight is 793 g/mol. The quantitative estimate of drug-likeness (QED) is 0.0347. The van der Waals surface area contributed by atoms with E-state index >= 15 is 0 Å². The first-order chi connectivity index (χ1) is 27.4. The van der Waals surface area contributed by atoms with Gasteiger partial charge in [0.05, 0.1) is 0 Å². The van der Waals surface area contributed by atoms with Gasteiger partial charge in [0.25, 0.3) is 0 Å². The van der Waals surface area contributed by atoms with Gasteiger partial charge in [0.1, 0.15) is 13.2 Å². The van der Waals surface area contributed by atoms with Crippen LogP contribution < -0.4 is 0 Å². The summed E-state index contributed by atoms with van der Waals surface area (Å²) in [5.74, 6) is 0.0510. The lowest BCUT2D eigenvalue weighted by Crippen LogP contribution is -2.30. The molecule has 0 aromatic rings. The van der Waals surface area contributed by atoms with Crippen LogP contribution in [0.25, 0.3) is 0 Å². The lowest BCUT2D eigenvalue weighted by molar-refractivity contribution is -0.167. The molecule has 6 heteroatoms. The molecule has 0 spiro atoms. The van der Waals surface area contributed by atoms with Crippen LogP contribution in [0.1, 0.15) is 278 Å². The molecule has 0 aromatic carbocycles. The summed E-state index contributed by atoms with van der Waals surface area (Å²) in [7, 11) is 0. The lowest BCUT2D eigenvalue weighted by atomic mass is 9.99. The van der Waals surface area contributed by atoms with E-state index in [0.717, 1.165) is 63.7 Å². The molecule has 0 rings (SSSR count). The number of carbonyl (C=O) groups is 3. The van der Waals surface area contributed by atoms with Gasteiger partial charge in [-0.1, -0.05) is 240 Å². The number of esters is 3. The van der Waals surface area contributed by atoms with Crippen molar-refractivity contribution in [3.8, 4) is 0 Å². The van der Waals surface area contributed by atoms with E-state index < -0.39 is 6.10 Å². The lowest BCUT2D eigenvalue weighted by Gasteiger charge is -2.18. The number of ether oxygens (including phenoxy) is 3. The van der Waals surface area contributed by atoms with Gasteiger partial charge in [0.15, 0.2) is 6.10 Å². The van der Waals surface area contributed by atoms with Crippen LogP contribution in [0.4, 0.5) is 0 Å². The second-order valence-electron chi connectivity index (χ2n) is 17.3. The normalized spacial score (nSPS) is 12.4. The van der Waals surface area contributed by atoms with Gasteiger partial charge < -0.3 is 14.2 Å². The molecule has 0 aliphatic heterocycles. The minimum Gasteiger partial charge on any atom is -0.462 e. The molecule has 0 N–H and O–H groups in total. The number of unbranched alkanes of at least 4 members (excludes halogenated alkanes) is 31. The van der Waals surface area contributed by atoms with E-state index in [2.05, 4.69) is 27.7 Å². The van der Waals surface area contributed by atoms with Crippen LogP contribution in [0.5, 0.6) is 0 Å².